The number of aromatic amines is 1. The number of rotatable bonds is 6. The smallest absolute Gasteiger partial charge is 0.255 e. The molecule has 0 spiro atoms. The lowest BCUT2D eigenvalue weighted by atomic mass is 10.1. The predicted octanol–water partition coefficient (Wildman–Crippen LogP) is 3.87. The first-order chi connectivity index (χ1) is 14.5. The van der Waals surface area contributed by atoms with Crippen LogP contribution in [0.25, 0.3) is 16.5 Å². The van der Waals surface area contributed by atoms with Crippen molar-refractivity contribution in [2.45, 2.75) is 26.7 Å². The van der Waals surface area contributed by atoms with Crippen molar-refractivity contribution in [3.63, 3.8) is 0 Å². The van der Waals surface area contributed by atoms with Gasteiger partial charge in [0.15, 0.2) is 0 Å². The highest BCUT2D eigenvalue weighted by Crippen LogP contribution is 2.27. The molecule has 0 radical (unpaired) electrons. The number of hydrogen-bond acceptors (Lipinski definition) is 5. The molecule has 0 atom stereocenters. The zero-order chi connectivity index (χ0) is 21.1. The summed E-state index contributed by atoms with van der Waals surface area (Å²) >= 11 is 1.55. The van der Waals surface area contributed by atoms with Crippen LogP contribution in [-0.4, -0.2) is 25.7 Å². The minimum absolute atomic E-state index is 0.135. The predicted molar refractivity (Wildman–Crippen MR) is 118 cm³/mol. The Bertz CT molecular complexity index is 1230. The average molecular weight is 420 g/mol. The second-order valence-electron chi connectivity index (χ2n) is 6.94. The Kier molecular flexibility index (Phi) is 5.58. The van der Waals surface area contributed by atoms with E-state index in [1.165, 1.54) is 4.68 Å². The maximum Gasteiger partial charge on any atom is 0.255 e. The van der Waals surface area contributed by atoms with Crippen LogP contribution in [0.4, 0.5) is 5.82 Å². The number of hydrogen-bond donors (Lipinski definition) is 2. The van der Waals surface area contributed by atoms with Crippen molar-refractivity contribution in [1.82, 2.24) is 19.7 Å². The van der Waals surface area contributed by atoms with E-state index in [9.17, 15) is 9.59 Å². The van der Waals surface area contributed by atoms with Gasteiger partial charge >= 0.3 is 0 Å². The van der Waals surface area contributed by atoms with Crippen LogP contribution in [0.5, 0.6) is 0 Å². The summed E-state index contributed by atoms with van der Waals surface area (Å²) in [6, 6.07) is 15.5. The molecule has 0 bridgehead atoms. The molecule has 0 aliphatic heterocycles. The quantitative estimate of drug-likeness (QED) is 0.496. The molecule has 3 heterocycles. The fourth-order valence-electron chi connectivity index (χ4n) is 3.01. The summed E-state index contributed by atoms with van der Waals surface area (Å²) in [7, 11) is 0. The third-order valence-corrected chi connectivity index (χ3v) is 5.71. The van der Waals surface area contributed by atoms with Gasteiger partial charge in [-0.25, -0.2) is 4.98 Å². The van der Waals surface area contributed by atoms with E-state index in [4.69, 9.17) is 0 Å². The molecular weight excluding hydrogens is 398 g/mol. The van der Waals surface area contributed by atoms with E-state index in [1.54, 1.807) is 31.3 Å². The van der Waals surface area contributed by atoms with Gasteiger partial charge in [-0.05, 0) is 37.3 Å². The summed E-state index contributed by atoms with van der Waals surface area (Å²) in [5.41, 5.74) is 2.73. The molecule has 152 valence electrons. The van der Waals surface area contributed by atoms with Crippen molar-refractivity contribution in [3.8, 4) is 16.5 Å². The van der Waals surface area contributed by atoms with Crippen LogP contribution < -0.4 is 10.9 Å². The van der Waals surface area contributed by atoms with Crippen molar-refractivity contribution in [1.29, 1.82) is 0 Å². The van der Waals surface area contributed by atoms with E-state index < -0.39 is 0 Å². The second kappa shape index (κ2) is 8.46. The van der Waals surface area contributed by atoms with Crippen LogP contribution in [-0.2, 0) is 11.2 Å². The SMILES string of the molecule is Cc1nc(-n2nc(-c3cccs3)cc2NC(=O)CCc2ccccc2)[nH]c(=O)c1C. The van der Waals surface area contributed by atoms with Gasteiger partial charge < -0.3 is 5.32 Å². The van der Waals surface area contributed by atoms with E-state index in [0.717, 1.165) is 10.4 Å². The minimum Gasteiger partial charge on any atom is -0.310 e. The lowest BCUT2D eigenvalue weighted by Gasteiger charge is -2.09. The lowest BCUT2D eigenvalue weighted by Crippen LogP contribution is -2.21. The molecule has 30 heavy (non-hydrogen) atoms. The number of nitrogens with one attached hydrogen (secondary N) is 2. The van der Waals surface area contributed by atoms with Crippen LogP contribution in [0.15, 0.2) is 58.7 Å². The average Bonchev–Trinajstić information content (AvgIpc) is 3.41. The maximum absolute atomic E-state index is 12.6. The van der Waals surface area contributed by atoms with Crippen LogP contribution in [0.1, 0.15) is 23.2 Å². The molecule has 0 aliphatic rings. The maximum atomic E-state index is 12.6. The number of H-pyrrole nitrogens is 1. The number of amides is 1. The summed E-state index contributed by atoms with van der Waals surface area (Å²) in [6.45, 7) is 3.49. The molecule has 3 aromatic heterocycles. The Balaban J connectivity index is 1.64. The second-order valence-corrected chi connectivity index (χ2v) is 7.89. The monoisotopic (exact) mass is 419 g/mol. The topological polar surface area (TPSA) is 92.7 Å². The molecule has 1 amide bonds. The number of benzene rings is 1. The zero-order valence-corrected chi connectivity index (χ0v) is 17.5. The van der Waals surface area contributed by atoms with Crippen molar-refractivity contribution in [2.24, 2.45) is 0 Å². The highest BCUT2D eigenvalue weighted by atomic mass is 32.1. The fourth-order valence-corrected chi connectivity index (χ4v) is 3.70. The van der Waals surface area contributed by atoms with Gasteiger partial charge in [0.2, 0.25) is 11.9 Å². The highest BCUT2D eigenvalue weighted by molar-refractivity contribution is 7.13. The fraction of sp³-hybridized carbons (Fsp3) is 0.182. The molecule has 2 N–H and O–H groups in total. The van der Waals surface area contributed by atoms with Gasteiger partial charge in [0.25, 0.3) is 5.56 Å². The largest absolute Gasteiger partial charge is 0.310 e. The van der Waals surface area contributed by atoms with Crippen molar-refractivity contribution in [3.05, 3.63) is 81.1 Å². The number of carbonyl (C=O) groups excluding carboxylic acids is 1. The van der Waals surface area contributed by atoms with Gasteiger partial charge in [0.1, 0.15) is 11.5 Å². The number of carbonyl (C=O) groups is 1. The molecular formula is C22H21N5O2S. The normalized spacial score (nSPS) is 10.9. The Morgan fingerprint density at radius 2 is 1.97 bits per heavy atom. The van der Waals surface area contributed by atoms with Gasteiger partial charge in [-0.1, -0.05) is 36.4 Å². The van der Waals surface area contributed by atoms with Crippen molar-refractivity contribution in [2.75, 3.05) is 5.32 Å². The van der Waals surface area contributed by atoms with E-state index in [2.05, 4.69) is 20.4 Å². The molecule has 0 fully saturated rings. The molecule has 7 nitrogen and oxygen atoms in total. The van der Waals surface area contributed by atoms with Gasteiger partial charge in [-0.2, -0.15) is 9.78 Å². The van der Waals surface area contributed by atoms with Crippen LogP contribution in [0.2, 0.25) is 0 Å². The molecule has 8 heteroatoms. The number of aryl methyl sites for hydroxylation is 2. The number of thiophene rings is 1. The highest BCUT2D eigenvalue weighted by Gasteiger charge is 2.17. The van der Waals surface area contributed by atoms with Crippen LogP contribution >= 0.6 is 11.3 Å². The summed E-state index contributed by atoms with van der Waals surface area (Å²) in [4.78, 5) is 33.0. The number of aromatic nitrogens is 4. The molecule has 4 aromatic rings. The summed E-state index contributed by atoms with van der Waals surface area (Å²) in [6.07, 6.45) is 0.970. The third kappa shape index (κ3) is 4.23. The Morgan fingerprint density at radius 1 is 1.17 bits per heavy atom. The van der Waals surface area contributed by atoms with E-state index in [0.29, 0.717) is 35.6 Å². The van der Waals surface area contributed by atoms with Crippen LogP contribution in [0.3, 0.4) is 0 Å². The number of anilines is 1. The molecule has 0 unspecified atom stereocenters. The Labute approximate surface area is 177 Å². The minimum atomic E-state index is -0.230. The Hall–Kier alpha value is -3.52. The van der Waals surface area contributed by atoms with Gasteiger partial charge in [0, 0.05) is 23.7 Å². The standard InChI is InChI=1S/C22H21N5O2S/c1-14-15(2)23-22(25-21(14)29)27-19(13-17(26-27)18-9-6-12-30-18)24-20(28)11-10-16-7-4-3-5-8-16/h3-9,12-13H,10-11H2,1-2H3,(H,24,28)(H,23,25,29). The van der Waals surface area contributed by atoms with Crippen molar-refractivity contribution < 1.29 is 4.79 Å². The lowest BCUT2D eigenvalue weighted by molar-refractivity contribution is -0.116. The van der Waals surface area contributed by atoms with E-state index in [1.807, 2.05) is 47.8 Å². The third-order valence-electron chi connectivity index (χ3n) is 4.82. The molecule has 4 rings (SSSR count). The molecule has 0 aliphatic carbocycles. The zero-order valence-electron chi connectivity index (χ0n) is 16.7. The van der Waals surface area contributed by atoms with Gasteiger partial charge in [0.05, 0.1) is 4.88 Å². The number of nitrogens with zero attached hydrogens (tertiary/aromatic N) is 3. The molecule has 0 saturated heterocycles. The van der Waals surface area contributed by atoms with Crippen LogP contribution in [0, 0.1) is 13.8 Å². The first-order valence-corrected chi connectivity index (χ1v) is 10.4. The first kappa shape index (κ1) is 19.8. The first-order valence-electron chi connectivity index (χ1n) is 9.57. The van der Waals surface area contributed by atoms with E-state index >= 15 is 0 Å². The summed E-state index contributed by atoms with van der Waals surface area (Å²) in [5, 5.41) is 9.47. The molecule has 0 saturated carbocycles. The summed E-state index contributed by atoms with van der Waals surface area (Å²) in [5.74, 6) is 0.594. The molecule has 1 aromatic carbocycles. The van der Waals surface area contributed by atoms with Gasteiger partial charge in [-0.3, -0.25) is 14.6 Å². The van der Waals surface area contributed by atoms with E-state index in [-0.39, 0.29) is 17.4 Å². The Morgan fingerprint density at radius 3 is 2.67 bits per heavy atom. The van der Waals surface area contributed by atoms with Crippen molar-refractivity contribution >= 4 is 23.1 Å². The summed E-state index contributed by atoms with van der Waals surface area (Å²) < 4.78 is 1.48. The van der Waals surface area contributed by atoms with Gasteiger partial charge in [-0.15, -0.1) is 11.3 Å².